The van der Waals surface area contributed by atoms with Crippen molar-refractivity contribution >= 4 is 43.9 Å². The Bertz CT molecular complexity index is 952. The summed E-state index contributed by atoms with van der Waals surface area (Å²) in [5.41, 5.74) is 3.09. The molecule has 0 radical (unpaired) electrons. The summed E-state index contributed by atoms with van der Waals surface area (Å²) in [4.78, 5) is 33.3. The van der Waals surface area contributed by atoms with Gasteiger partial charge in [0.05, 0.1) is 0 Å². The molecule has 3 N–H and O–H groups in total. The van der Waals surface area contributed by atoms with Gasteiger partial charge in [-0.05, 0) is 0 Å². The molecular weight excluding hydrogens is 447 g/mol. The van der Waals surface area contributed by atoms with E-state index in [4.69, 9.17) is 0 Å². The molecule has 138 valence electrons. The maximum absolute atomic E-state index is 13.0. The van der Waals surface area contributed by atoms with E-state index in [0.29, 0.717) is 18.8 Å². The Morgan fingerprint density at radius 1 is 1.33 bits per heavy atom. The summed E-state index contributed by atoms with van der Waals surface area (Å²) in [5, 5.41) is 5.74. The number of pyridine rings is 1. The van der Waals surface area contributed by atoms with Gasteiger partial charge < -0.3 is 0 Å². The van der Waals surface area contributed by atoms with Crippen molar-refractivity contribution in [2.45, 2.75) is 19.8 Å². The van der Waals surface area contributed by atoms with Gasteiger partial charge in [-0.25, -0.2) is 0 Å². The molecule has 2 aromatic rings. The molecule has 0 spiro atoms. The van der Waals surface area contributed by atoms with Crippen LogP contribution in [0.2, 0.25) is 0 Å². The number of rotatable bonds is 7. The minimum absolute atomic E-state index is 0.0819. The third kappa shape index (κ3) is 4.65. The molecule has 0 aromatic carbocycles. The topological polar surface area (TPSA) is 101 Å². The van der Waals surface area contributed by atoms with E-state index in [9.17, 15) is 9.59 Å². The molecule has 0 bridgehead atoms. The van der Waals surface area contributed by atoms with Gasteiger partial charge in [0.1, 0.15) is 0 Å². The first-order valence-electron chi connectivity index (χ1n) is 8.69. The molecule has 27 heavy (non-hydrogen) atoms. The summed E-state index contributed by atoms with van der Waals surface area (Å²) in [7, 11) is 1.61. The van der Waals surface area contributed by atoms with Crippen molar-refractivity contribution in [3.63, 3.8) is 0 Å². The fraction of sp³-hybridized carbons (Fsp3) is 0.278. The Hall–Kier alpha value is -2.42. The Morgan fingerprint density at radius 2 is 2.19 bits per heavy atom. The summed E-state index contributed by atoms with van der Waals surface area (Å²) in [5.74, 6) is 0.220. The average molecular weight is 468 g/mol. The first-order valence-corrected chi connectivity index (χ1v) is 12.2. The third-order valence-corrected chi connectivity index (χ3v) is 7.05. The Kier molecular flexibility index (Phi) is 6.44. The van der Waals surface area contributed by atoms with Gasteiger partial charge in [-0.2, -0.15) is 0 Å². The standard InChI is InChI=1S/C18H21N6O2.In/c1-12-11-23-17(22-9-7-14-6-4-5-8-21-14)18(26)24(12)13(2)15(19)10-16(25)20-3;/h2,4-6,8,11,19H,7,9-10H2,1,3H3,(H,20,25)(H,22,23);/q-1;+1. The molecular formula is C18H21InN6O2. The molecule has 8 nitrogen and oxygen atoms in total. The van der Waals surface area contributed by atoms with Crippen molar-refractivity contribution in [1.82, 2.24) is 23.2 Å². The van der Waals surface area contributed by atoms with Crippen LogP contribution in [-0.2, 0) is 11.2 Å². The quantitative estimate of drug-likeness (QED) is 0.527. The first kappa shape index (κ1) is 19.3. The summed E-state index contributed by atoms with van der Waals surface area (Å²) < 4.78 is 7.09. The number of hydrogen-bond donors (Lipinski definition) is 3. The number of aromatic nitrogens is 3. The van der Waals surface area contributed by atoms with Crippen molar-refractivity contribution in [3.05, 3.63) is 58.0 Å². The van der Waals surface area contributed by atoms with E-state index < -0.39 is 22.7 Å². The number of anilines is 1. The molecule has 0 saturated heterocycles. The van der Waals surface area contributed by atoms with Gasteiger partial charge in [0.25, 0.3) is 0 Å². The second kappa shape index (κ2) is 8.98. The maximum atomic E-state index is 13.0. The average Bonchev–Trinajstić information content (AvgIpc) is 3.12. The van der Waals surface area contributed by atoms with Crippen LogP contribution in [0.5, 0.6) is 0 Å². The van der Waals surface area contributed by atoms with Gasteiger partial charge in [0.15, 0.2) is 0 Å². The van der Waals surface area contributed by atoms with Crippen LogP contribution in [0, 0.1) is 6.92 Å². The Morgan fingerprint density at radius 3 is 2.93 bits per heavy atom. The van der Waals surface area contributed by atoms with Gasteiger partial charge >= 0.3 is 169 Å². The molecule has 3 heterocycles. The fourth-order valence-electron chi connectivity index (χ4n) is 2.81. The monoisotopic (exact) mass is 468 g/mol. The van der Waals surface area contributed by atoms with Gasteiger partial charge in [-0.3, -0.25) is 0 Å². The van der Waals surface area contributed by atoms with Gasteiger partial charge in [0.2, 0.25) is 0 Å². The second-order valence-corrected chi connectivity index (χ2v) is 8.80. The molecule has 1 aliphatic rings. The molecule has 1 aliphatic heterocycles. The zero-order valence-electron chi connectivity index (χ0n) is 15.3. The van der Waals surface area contributed by atoms with Crippen LogP contribution in [-0.4, -0.2) is 60.5 Å². The van der Waals surface area contributed by atoms with Gasteiger partial charge in [-0.15, -0.1) is 0 Å². The van der Waals surface area contributed by atoms with Crippen LogP contribution < -0.4 is 19.5 Å². The molecule has 0 saturated carbocycles. The molecule has 0 aliphatic carbocycles. The number of carbonyl (C=O) groups excluding carboxylic acids is 1. The summed E-state index contributed by atoms with van der Waals surface area (Å²) >= 11 is -1.14. The van der Waals surface area contributed by atoms with Crippen LogP contribution in [0.3, 0.4) is 0 Å². The Labute approximate surface area is 168 Å². The van der Waals surface area contributed by atoms with Crippen molar-refractivity contribution in [2.75, 3.05) is 18.9 Å². The van der Waals surface area contributed by atoms with E-state index in [1.165, 1.54) is 0 Å². The third-order valence-electron chi connectivity index (χ3n) is 4.20. The van der Waals surface area contributed by atoms with Crippen LogP contribution >= 0.6 is 0 Å². The predicted octanol–water partition coefficient (Wildman–Crippen LogP) is -0.0694. The van der Waals surface area contributed by atoms with Crippen LogP contribution in [0.4, 0.5) is 5.82 Å². The number of amides is 1. The summed E-state index contributed by atoms with van der Waals surface area (Å²) in [6.07, 6.45) is 4.37. The van der Waals surface area contributed by atoms with E-state index in [1.807, 2.05) is 25.1 Å². The molecule has 3 rings (SSSR count). The number of aryl methyl sites for hydroxylation is 1. The molecule has 9 heteroatoms. The van der Waals surface area contributed by atoms with E-state index in [1.54, 1.807) is 24.0 Å². The predicted molar refractivity (Wildman–Crippen MR) is 107 cm³/mol. The minimum atomic E-state index is -1.14. The van der Waals surface area contributed by atoms with Gasteiger partial charge in [-0.1, -0.05) is 0 Å². The number of nitrogens with one attached hydrogen (secondary N) is 3. The van der Waals surface area contributed by atoms with Crippen molar-refractivity contribution in [1.29, 1.82) is 0 Å². The zero-order valence-corrected chi connectivity index (χ0v) is 18.6. The van der Waals surface area contributed by atoms with Gasteiger partial charge in [0, 0.05) is 0 Å². The second-order valence-electron chi connectivity index (χ2n) is 6.08. The summed E-state index contributed by atoms with van der Waals surface area (Å²) in [6.45, 7) is 2.41. The van der Waals surface area contributed by atoms with Crippen LogP contribution in [0.1, 0.15) is 17.8 Å². The fourth-order valence-corrected chi connectivity index (χ4v) is 5.78. The number of allylic oxidation sites excluding steroid dienone is 1. The van der Waals surface area contributed by atoms with E-state index in [2.05, 4.69) is 27.7 Å². The first-order chi connectivity index (χ1) is 13.1. The van der Waals surface area contributed by atoms with E-state index in [0.717, 1.165) is 22.8 Å². The molecule has 0 atom stereocenters. The van der Waals surface area contributed by atoms with Crippen molar-refractivity contribution in [2.24, 2.45) is 0 Å². The molecule has 1 amide bonds. The number of hydrogen-bond acceptors (Lipinski definition) is 6. The molecule has 2 aromatic heterocycles. The van der Waals surface area contributed by atoms with Crippen LogP contribution in [0.15, 0.2) is 41.1 Å². The van der Waals surface area contributed by atoms with Crippen molar-refractivity contribution < 1.29 is 4.79 Å². The van der Waals surface area contributed by atoms with Crippen molar-refractivity contribution in [3.8, 4) is 0 Å². The number of nitrogens with zero attached hydrogens (tertiary/aromatic N) is 3. The Balaban J connectivity index is 1.83. The van der Waals surface area contributed by atoms with E-state index in [-0.39, 0.29) is 17.9 Å². The SMILES string of the molecule is CNC(=O)CC1=C(n2c(C)cnc(NCCc3ccccn3)c2=O)[CH]=[In][NH]1. The molecule has 0 fully saturated rings. The zero-order chi connectivity index (χ0) is 19.2. The van der Waals surface area contributed by atoms with E-state index >= 15 is 0 Å². The van der Waals surface area contributed by atoms with Crippen LogP contribution in [0.25, 0.3) is 5.70 Å². The normalized spacial score (nSPS) is 12.5. The molecule has 0 unspecified atom stereocenters. The summed E-state index contributed by atoms with van der Waals surface area (Å²) in [6, 6.07) is 5.76. The number of carbonyl (C=O) groups is 1.